The van der Waals surface area contributed by atoms with Crippen molar-refractivity contribution in [2.45, 2.75) is 96.9 Å². The molecule has 156 valence electrons. The quantitative estimate of drug-likeness (QED) is 0.149. The molecule has 0 spiro atoms. The SMILES string of the molecule is CCOOCCCCCCCCCCC[Si](C)(C)c1ccc([SiH](C)C)cc1. The number of hydrogen-bond acceptors (Lipinski definition) is 2. The van der Waals surface area contributed by atoms with Gasteiger partial charge in [0.15, 0.2) is 0 Å². The van der Waals surface area contributed by atoms with Crippen LogP contribution in [0.25, 0.3) is 0 Å². The van der Waals surface area contributed by atoms with Gasteiger partial charge in [-0.2, -0.15) is 0 Å². The van der Waals surface area contributed by atoms with Gasteiger partial charge in [-0.3, -0.25) is 0 Å². The highest BCUT2D eigenvalue weighted by molar-refractivity contribution is 6.89. The molecule has 1 rings (SSSR count). The molecule has 0 saturated heterocycles. The summed E-state index contributed by atoms with van der Waals surface area (Å²) in [5, 5.41) is 3.25. The van der Waals surface area contributed by atoms with E-state index < -0.39 is 16.9 Å². The zero-order valence-corrected chi connectivity index (χ0v) is 20.8. The van der Waals surface area contributed by atoms with E-state index in [4.69, 9.17) is 9.78 Å². The average Bonchev–Trinajstić information content (AvgIpc) is 2.65. The van der Waals surface area contributed by atoms with E-state index in [2.05, 4.69) is 50.5 Å². The summed E-state index contributed by atoms with van der Waals surface area (Å²) >= 11 is 0. The summed E-state index contributed by atoms with van der Waals surface area (Å²) in [7, 11) is -1.90. The van der Waals surface area contributed by atoms with E-state index in [-0.39, 0.29) is 0 Å². The predicted molar refractivity (Wildman–Crippen MR) is 126 cm³/mol. The molecule has 0 heterocycles. The molecule has 1 aromatic rings. The molecule has 0 atom stereocenters. The van der Waals surface area contributed by atoms with Crippen molar-refractivity contribution in [2.24, 2.45) is 0 Å². The Balaban J connectivity index is 2.03. The standard InChI is InChI=1S/C23H44O2Si2/c1-6-24-25-20-14-12-10-8-7-9-11-13-15-21-27(4,5)23-18-16-22(17-19-23)26(2)3/h16-19,26H,6-15,20-21H2,1-5H3. The average molecular weight is 409 g/mol. The highest BCUT2D eigenvalue weighted by atomic mass is 28.3. The minimum atomic E-state index is -1.24. The van der Waals surface area contributed by atoms with Crippen LogP contribution in [-0.4, -0.2) is 30.1 Å². The highest BCUT2D eigenvalue weighted by Crippen LogP contribution is 2.17. The summed E-state index contributed by atoms with van der Waals surface area (Å²) in [4.78, 5) is 9.92. The van der Waals surface area contributed by atoms with Gasteiger partial charge in [0, 0.05) is 0 Å². The molecule has 2 nitrogen and oxygen atoms in total. The summed E-state index contributed by atoms with van der Waals surface area (Å²) in [6, 6.07) is 11.1. The van der Waals surface area contributed by atoms with Crippen molar-refractivity contribution in [3.05, 3.63) is 24.3 Å². The van der Waals surface area contributed by atoms with Crippen LogP contribution in [-0.2, 0) is 9.78 Å². The smallest absolute Gasteiger partial charge is 0.0822 e. The third-order valence-electron chi connectivity index (χ3n) is 5.59. The first-order valence-electron chi connectivity index (χ1n) is 11.3. The maximum atomic E-state index is 5.04. The molecule has 0 bridgehead atoms. The molecule has 1 aromatic carbocycles. The van der Waals surface area contributed by atoms with Crippen LogP contribution in [0.2, 0.25) is 32.2 Å². The minimum absolute atomic E-state index is 0.644. The van der Waals surface area contributed by atoms with Crippen LogP contribution in [0.3, 0.4) is 0 Å². The van der Waals surface area contributed by atoms with Gasteiger partial charge in [-0.1, -0.05) is 118 Å². The van der Waals surface area contributed by atoms with Crippen LogP contribution in [0.15, 0.2) is 24.3 Å². The Hall–Kier alpha value is -0.426. The molecule has 0 N–H and O–H groups in total. The topological polar surface area (TPSA) is 18.5 Å². The largest absolute Gasteiger partial charge is 0.237 e. The molecule has 0 saturated carbocycles. The second kappa shape index (κ2) is 14.6. The Morgan fingerprint density at radius 2 is 1.26 bits per heavy atom. The Labute approximate surface area is 171 Å². The number of unbranched alkanes of at least 4 members (excludes halogenated alkanes) is 8. The molecule has 0 radical (unpaired) electrons. The highest BCUT2D eigenvalue weighted by Gasteiger charge is 2.22. The molecule has 27 heavy (non-hydrogen) atoms. The molecule has 0 aromatic heterocycles. The van der Waals surface area contributed by atoms with Crippen LogP contribution < -0.4 is 10.4 Å². The maximum absolute atomic E-state index is 5.04. The first-order valence-corrected chi connectivity index (χ1v) is 17.4. The number of hydrogen-bond donors (Lipinski definition) is 0. The third kappa shape index (κ3) is 11.2. The second-order valence-corrected chi connectivity index (χ2v) is 16.6. The number of benzene rings is 1. The van der Waals surface area contributed by atoms with Crippen molar-refractivity contribution in [2.75, 3.05) is 13.2 Å². The van der Waals surface area contributed by atoms with E-state index in [9.17, 15) is 0 Å². The van der Waals surface area contributed by atoms with Gasteiger partial charge in [0.2, 0.25) is 0 Å². The molecule has 0 unspecified atom stereocenters. The van der Waals surface area contributed by atoms with E-state index in [1.807, 2.05) is 6.92 Å². The van der Waals surface area contributed by atoms with Gasteiger partial charge in [-0.15, -0.1) is 0 Å². The Kier molecular flexibility index (Phi) is 13.3. The predicted octanol–water partition coefficient (Wildman–Crippen LogP) is 5.77. The van der Waals surface area contributed by atoms with Crippen LogP contribution >= 0.6 is 0 Å². The van der Waals surface area contributed by atoms with E-state index in [1.54, 1.807) is 10.4 Å². The fourth-order valence-corrected chi connectivity index (χ4v) is 7.03. The second-order valence-electron chi connectivity index (χ2n) is 8.82. The van der Waals surface area contributed by atoms with Gasteiger partial charge in [-0.05, 0) is 13.3 Å². The summed E-state index contributed by atoms with van der Waals surface area (Å²) in [5.74, 6) is 0. The Morgan fingerprint density at radius 3 is 1.78 bits per heavy atom. The van der Waals surface area contributed by atoms with Crippen LogP contribution in [0.1, 0.15) is 64.7 Å². The zero-order valence-electron chi connectivity index (χ0n) is 18.7. The lowest BCUT2D eigenvalue weighted by Gasteiger charge is -2.23. The lowest BCUT2D eigenvalue weighted by molar-refractivity contribution is -0.291. The summed E-state index contributed by atoms with van der Waals surface area (Å²) in [6.45, 7) is 13.3. The molecule has 0 fully saturated rings. The Morgan fingerprint density at radius 1 is 0.741 bits per heavy atom. The van der Waals surface area contributed by atoms with Crippen LogP contribution in [0.5, 0.6) is 0 Å². The van der Waals surface area contributed by atoms with Gasteiger partial charge in [0.1, 0.15) is 0 Å². The molecule has 0 amide bonds. The first-order chi connectivity index (χ1) is 13.0. The van der Waals surface area contributed by atoms with Crippen molar-refractivity contribution in [3.8, 4) is 0 Å². The van der Waals surface area contributed by atoms with Gasteiger partial charge in [0.25, 0.3) is 0 Å². The van der Waals surface area contributed by atoms with Crippen LogP contribution in [0, 0.1) is 0 Å². The van der Waals surface area contributed by atoms with Crippen LogP contribution in [0.4, 0.5) is 0 Å². The van der Waals surface area contributed by atoms with E-state index in [0.29, 0.717) is 6.61 Å². The minimum Gasteiger partial charge on any atom is -0.237 e. The van der Waals surface area contributed by atoms with E-state index in [1.165, 1.54) is 57.4 Å². The molecule has 4 heteroatoms. The van der Waals surface area contributed by atoms with Crippen molar-refractivity contribution in [1.82, 2.24) is 0 Å². The zero-order chi connectivity index (χ0) is 20.0. The van der Waals surface area contributed by atoms with Crippen molar-refractivity contribution >= 4 is 27.2 Å². The fourth-order valence-electron chi connectivity index (χ4n) is 3.57. The van der Waals surface area contributed by atoms with Crippen molar-refractivity contribution in [1.29, 1.82) is 0 Å². The summed E-state index contributed by atoms with van der Waals surface area (Å²) < 4.78 is 0. The van der Waals surface area contributed by atoms with E-state index >= 15 is 0 Å². The lowest BCUT2D eigenvalue weighted by atomic mass is 10.1. The van der Waals surface area contributed by atoms with Gasteiger partial charge in [-0.25, -0.2) is 9.78 Å². The molecule has 0 aliphatic heterocycles. The molecular weight excluding hydrogens is 364 g/mol. The summed E-state index contributed by atoms with van der Waals surface area (Å²) in [5.41, 5.74) is 0. The van der Waals surface area contributed by atoms with Crippen molar-refractivity contribution in [3.63, 3.8) is 0 Å². The Bertz CT molecular complexity index is 472. The maximum Gasteiger partial charge on any atom is 0.0822 e. The fraction of sp³-hybridized carbons (Fsp3) is 0.739. The third-order valence-corrected chi connectivity index (χ3v) is 10.8. The normalized spacial score (nSPS) is 12.1. The molecular formula is C23H44O2Si2. The number of rotatable bonds is 16. The van der Waals surface area contributed by atoms with Gasteiger partial charge >= 0.3 is 0 Å². The lowest BCUT2D eigenvalue weighted by Crippen LogP contribution is -2.42. The van der Waals surface area contributed by atoms with Gasteiger partial charge < -0.3 is 0 Å². The molecule has 0 aliphatic rings. The van der Waals surface area contributed by atoms with Gasteiger partial charge in [0.05, 0.1) is 30.1 Å². The monoisotopic (exact) mass is 408 g/mol. The molecule has 0 aliphatic carbocycles. The summed E-state index contributed by atoms with van der Waals surface area (Å²) in [6.07, 6.45) is 12.1. The van der Waals surface area contributed by atoms with Crippen molar-refractivity contribution < 1.29 is 9.78 Å². The van der Waals surface area contributed by atoms with E-state index in [0.717, 1.165) is 13.0 Å². The first kappa shape index (κ1) is 24.6.